The lowest BCUT2D eigenvalue weighted by Gasteiger charge is -2.32. The second-order valence-electron chi connectivity index (χ2n) is 7.77. The highest BCUT2D eigenvalue weighted by atomic mass is 79.9. The first-order valence-corrected chi connectivity index (χ1v) is 10.5. The molecule has 29 heavy (non-hydrogen) atoms. The fourth-order valence-electron chi connectivity index (χ4n) is 3.80. The van der Waals surface area contributed by atoms with Crippen LogP contribution in [-0.4, -0.2) is 17.9 Å². The number of pyridine rings is 1. The van der Waals surface area contributed by atoms with Gasteiger partial charge in [-0.1, -0.05) is 41.4 Å². The van der Waals surface area contributed by atoms with E-state index >= 15 is 0 Å². The Bertz CT molecular complexity index is 1120. The summed E-state index contributed by atoms with van der Waals surface area (Å²) in [6.07, 6.45) is 3.74. The Hall–Kier alpha value is -2.53. The summed E-state index contributed by atoms with van der Waals surface area (Å²) in [4.78, 5) is 11.4. The number of anilines is 2. The summed E-state index contributed by atoms with van der Waals surface area (Å²) in [5.41, 5.74) is 7.73. The standard InChI is InChI=1S/C24H23BrFN3/c1-14(2)23-24(16(4)7-8-28-23)29-13-27-12-17-10-20(25)18(11-22(17)29)19-9-15(3)5-6-21(19)26/h5-12,14H,13H2,1-4H3. The molecule has 2 heterocycles. The average molecular weight is 452 g/mol. The second kappa shape index (κ2) is 7.71. The number of benzene rings is 2. The zero-order valence-electron chi connectivity index (χ0n) is 17.0. The van der Waals surface area contributed by atoms with Crippen LogP contribution in [0.1, 0.15) is 42.1 Å². The lowest BCUT2D eigenvalue weighted by atomic mass is 9.98. The molecular formula is C24H23BrFN3. The van der Waals surface area contributed by atoms with Crippen molar-refractivity contribution in [1.82, 2.24) is 4.98 Å². The number of aryl methyl sites for hydroxylation is 2. The van der Waals surface area contributed by atoms with Crippen LogP contribution in [-0.2, 0) is 0 Å². The van der Waals surface area contributed by atoms with Gasteiger partial charge in [-0.05, 0) is 55.7 Å². The number of halogens is 2. The SMILES string of the molecule is Cc1ccc(F)c(-c2cc3c(cc2Br)C=NCN3c2c(C)ccnc2C(C)C)c1. The molecule has 0 radical (unpaired) electrons. The van der Waals surface area contributed by atoms with E-state index < -0.39 is 0 Å². The van der Waals surface area contributed by atoms with Crippen LogP contribution in [0.5, 0.6) is 0 Å². The van der Waals surface area contributed by atoms with E-state index in [2.05, 4.69) is 57.6 Å². The quantitative estimate of drug-likeness (QED) is 0.432. The molecular weight excluding hydrogens is 429 g/mol. The average Bonchev–Trinajstić information content (AvgIpc) is 2.69. The van der Waals surface area contributed by atoms with Crippen LogP contribution in [0.3, 0.4) is 0 Å². The van der Waals surface area contributed by atoms with Crippen molar-refractivity contribution in [1.29, 1.82) is 0 Å². The van der Waals surface area contributed by atoms with Crippen molar-refractivity contribution in [3.63, 3.8) is 0 Å². The van der Waals surface area contributed by atoms with E-state index in [-0.39, 0.29) is 11.7 Å². The minimum atomic E-state index is -0.229. The molecule has 0 amide bonds. The van der Waals surface area contributed by atoms with Crippen LogP contribution in [0.2, 0.25) is 0 Å². The number of hydrogen-bond donors (Lipinski definition) is 0. The van der Waals surface area contributed by atoms with Gasteiger partial charge in [0.1, 0.15) is 12.5 Å². The maximum atomic E-state index is 14.7. The highest BCUT2D eigenvalue weighted by Crippen LogP contribution is 2.41. The molecule has 0 spiro atoms. The molecule has 3 nitrogen and oxygen atoms in total. The Morgan fingerprint density at radius 2 is 1.86 bits per heavy atom. The zero-order valence-corrected chi connectivity index (χ0v) is 18.6. The molecule has 0 aliphatic carbocycles. The molecule has 1 aromatic heterocycles. The smallest absolute Gasteiger partial charge is 0.131 e. The largest absolute Gasteiger partial charge is 0.319 e. The third-order valence-electron chi connectivity index (χ3n) is 5.24. The Kier molecular flexibility index (Phi) is 5.26. The number of hydrogen-bond acceptors (Lipinski definition) is 3. The van der Waals surface area contributed by atoms with E-state index in [0.29, 0.717) is 12.2 Å². The second-order valence-corrected chi connectivity index (χ2v) is 8.63. The van der Waals surface area contributed by atoms with E-state index in [4.69, 9.17) is 0 Å². The summed E-state index contributed by atoms with van der Waals surface area (Å²) >= 11 is 3.64. The third kappa shape index (κ3) is 3.60. The number of fused-ring (bicyclic) bond motifs is 1. The van der Waals surface area contributed by atoms with Crippen molar-refractivity contribution in [3.8, 4) is 11.1 Å². The van der Waals surface area contributed by atoms with Crippen LogP contribution in [0, 0.1) is 19.7 Å². The molecule has 1 aliphatic heterocycles. The van der Waals surface area contributed by atoms with Gasteiger partial charge in [0.25, 0.3) is 0 Å². The van der Waals surface area contributed by atoms with Gasteiger partial charge in [-0.2, -0.15) is 0 Å². The van der Waals surface area contributed by atoms with Crippen molar-refractivity contribution < 1.29 is 4.39 Å². The van der Waals surface area contributed by atoms with Crippen LogP contribution in [0.4, 0.5) is 15.8 Å². The summed E-state index contributed by atoms with van der Waals surface area (Å²) in [6.45, 7) is 8.88. The first-order chi connectivity index (χ1) is 13.9. The molecule has 148 valence electrons. The number of nitrogens with zero attached hydrogens (tertiary/aromatic N) is 3. The molecule has 0 atom stereocenters. The summed E-state index contributed by atoms with van der Waals surface area (Å²) in [5.74, 6) is 0.0519. The summed E-state index contributed by atoms with van der Waals surface area (Å²) in [6, 6.07) is 11.3. The monoisotopic (exact) mass is 451 g/mol. The lowest BCUT2D eigenvalue weighted by Crippen LogP contribution is -2.25. The van der Waals surface area contributed by atoms with Gasteiger partial charge in [-0.3, -0.25) is 9.98 Å². The first kappa shape index (κ1) is 19.8. The molecule has 0 saturated heterocycles. The fourth-order valence-corrected chi connectivity index (χ4v) is 4.37. The number of aromatic nitrogens is 1. The first-order valence-electron chi connectivity index (χ1n) is 9.69. The summed E-state index contributed by atoms with van der Waals surface area (Å²) in [5, 5.41) is 0. The molecule has 4 rings (SSSR count). The van der Waals surface area contributed by atoms with E-state index in [9.17, 15) is 4.39 Å². The van der Waals surface area contributed by atoms with Gasteiger partial charge in [0.05, 0.1) is 17.1 Å². The van der Waals surface area contributed by atoms with Crippen molar-refractivity contribution >= 4 is 33.5 Å². The van der Waals surface area contributed by atoms with Crippen LogP contribution >= 0.6 is 15.9 Å². The van der Waals surface area contributed by atoms with Gasteiger partial charge in [-0.15, -0.1) is 0 Å². The van der Waals surface area contributed by atoms with E-state index in [1.165, 1.54) is 6.07 Å². The van der Waals surface area contributed by atoms with Gasteiger partial charge < -0.3 is 4.90 Å². The molecule has 0 unspecified atom stereocenters. The van der Waals surface area contributed by atoms with Gasteiger partial charge in [0, 0.05) is 33.6 Å². The highest BCUT2D eigenvalue weighted by Gasteiger charge is 2.24. The minimum absolute atomic E-state index is 0.229. The number of rotatable bonds is 3. The van der Waals surface area contributed by atoms with Crippen LogP contribution in [0.15, 0.2) is 52.1 Å². The maximum Gasteiger partial charge on any atom is 0.131 e. The van der Waals surface area contributed by atoms with Gasteiger partial charge >= 0.3 is 0 Å². The molecule has 0 bridgehead atoms. The third-order valence-corrected chi connectivity index (χ3v) is 5.90. The Morgan fingerprint density at radius 1 is 1.07 bits per heavy atom. The zero-order chi connectivity index (χ0) is 20.7. The summed E-state index contributed by atoms with van der Waals surface area (Å²) in [7, 11) is 0. The van der Waals surface area contributed by atoms with Gasteiger partial charge in [0.2, 0.25) is 0 Å². The molecule has 1 aliphatic rings. The van der Waals surface area contributed by atoms with Crippen molar-refractivity contribution in [2.75, 3.05) is 11.6 Å². The Labute approximate surface area is 179 Å². The topological polar surface area (TPSA) is 28.5 Å². The normalized spacial score (nSPS) is 13.1. The van der Waals surface area contributed by atoms with Crippen LogP contribution < -0.4 is 4.90 Å². The van der Waals surface area contributed by atoms with Crippen LogP contribution in [0.25, 0.3) is 11.1 Å². The Morgan fingerprint density at radius 3 is 2.62 bits per heavy atom. The molecule has 5 heteroatoms. The molecule has 3 aromatic rings. The van der Waals surface area contributed by atoms with Gasteiger partial charge in [0.15, 0.2) is 0 Å². The van der Waals surface area contributed by atoms with E-state index in [1.54, 1.807) is 6.07 Å². The van der Waals surface area contributed by atoms with E-state index in [1.807, 2.05) is 37.5 Å². The predicted octanol–water partition coefficient (Wildman–Crippen LogP) is 6.92. The minimum Gasteiger partial charge on any atom is -0.319 e. The number of aliphatic imine (C=N–C) groups is 1. The summed E-state index contributed by atoms with van der Waals surface area (Å²) < 4.78 is 15.5. The highest BCUT2D eigenvalue weighted by molar-refractivity contribution is 9.10. The molecule has 0 saturated carbocycles. The fraction of sp³-hybridized carbons (Fsp3) is 0.250. The lowest BCUT2D eigenvalue weighted by molar-refractivity contribution is 0.631. The van der Waals surface area contributed by atoms with Crippen molar-refractivity contribution in [2.45, 2.75) is 33.6 Å². The van der Waals surface area contributed by atoms with Crippen molar-refractivity contribution in [3.05, 3.63) is 75.3 Å². The Balaban J connectivity index is 1.94. The molecule has 0 N–H and O–H groups in total. The molecule has 2 aromatic carbocycles. The van der Waals surface area contributed by atoms with Crippen molar-refractivity contribution in [2.24, 2.45) is 4.99 Å². The molecule has 0 fully saturated rings. The van der Waals surface area contributed by atoms with E-state index in [0.717, 1.165) is 43.8 Å². The predicted molar refractivity (Wildman–Crippen MR) is 122 cm³/mol. The van der Waals surface area contributed by atoms with Gasteiger partial charge in [-0.25, -0.2) is 4.39 Å². The maximum absolute atomic E-state index is 14.7.